The Labute approximate surface area is 124 Å². The van der Waals surface area contributed by atoms with Crippen molar-refractivity contribution in [2.24, 2.45) is 0 Å². The van der Waals surface area contributed by atoms with Crippen LogP contribution in [0.1, 0.15) is 31.0 Å². The average molecular weight is 291 g/mol. The van der Waals surface area contributed by atoms with Crippen LogP contribution in [0.2, 0.25) is 5.02 Å². The maximum Gasteiger partial charge on any atom is 0.218 e. The first kappa shape index (κ1) is 14.8. The van der Waals surface area contributed by atoms with Crippen LogP contribution >= 0.6 is 11.6 Å². The Morgan fingerprint density at radius 2 is 2.00 bits per heavy atom. The predicted octanol–water partition coefficient (Wildman–Crippen LogP) is 3.98. The van der Waals surface area contributed by atoms with Gasteiger partial charge in [-0.15, -0.1) is 0 Å². The molecular formula is C16H19ClN2O. The molecule has 0 saturated carbocycles. The van der Waals surface area contributed by atoms with Gasteiger partial charge in [0.05, 0.1) is 0 Å². The summed E-state index contributed by atoms with van der Waals surface area (Å²) in [5, 5.41) is 4.10. The third-order valence-electron chi connectivity index (χ3n) is 3.07. The first-order chi connectivity index (χ1) is 9.70. The fraction of sp³-hybridized carbons (Fsp3) is 0.312. The van der Waals surface area contributed by atoms with Gasteiger partial charge in [0, 0.05) is 22.8 Å². The van der Waals surface area contributed by atoms with Crippen LogP contribution < -0.4 is 10.1 Å². The van der Waals surface area contributed by atoms with Gasteiger partial charge < -0.3 is 10.1 Å². The maximum atomic E-state index is 5.87. The summed E-state index contributed by atoms with van der Waals surface area (Å²) in [6.07, 6.45) is 1.75. The second kappa shape index (κ2) is 7.27. The van der Waals surface area contributed by atoms with Gasteiger partial charge in [0.1, 0.15) is 6.61 Å². The van der Waals surface area contributed by atoms with Gasteiger partial charge >= 0.3 is 0 Å². The first-order valence-corrected chi connectivity index (χ1v) is 7.14. The maximum absolute atomic E-state index is 5.87. The number of benzene rings is 1. The van der Waals surface area contributed by atoms with Gasteiger partial charge in [-0.2, -0.15) is 0 Å². The number of hydrogen-bond donors (Lipinski definition) is 1. The Hall–Kier alpha value is -1.58. The van der Waals surface area contributed by atoms with Gasteiger partial charge in [0.2, 0.25) is 5.88 Å². The highest BCUT2D eigenvalue weighted by Gasteiger charge is 2.11. The van der Waals surface area contributed by atoms with E-state index in [0.717, 1.165) is 22.7 Å². The molecule has 20 heavy (non-hydrogen) atoms. The zero-order valence-corrected chi connectivity index (χ0v) is 12.5. The van der Waals surface area contributed by atoms with E-state index in [0.29, 0.717) is 12.5 Å². The van der Waals surface area contributed by atoms with Crippen molar-refractivity contribution in [2.75, 3.05) is 6.54 Å². The summed E-state index contributed by atoms with van der Waals surface area (Å²) in [6.45, 7) is 5.59. The molecule has 1 aromatic carbocycles. The zero-order valence-electron chi connectivity index (χ0n) is 11.8. The molecule has 0 radical (unpaired) electrons. The highest BCUT2D eigenvalue weighted by molar-refractivity contribution is 6.30. The average Bonchev–Trinajstić information content (AvgIpc) is 2.47. The molecule has 0 saturated heterocycles. The molecule has 106 valence electrons. The number of nitrogens with zero attached hydrogens (tertiary/aromatic N) is 1. The molecule has 1 N–H and O–H groups in total. The van der Waals surface area contributed by atoms with Crippen molar-refractivity contribution in [3.63, 3.8) is 0 Å². The van der Waals surface area contributed by atoms with Crippen LogP contribution in [0.3, 0.4) is 0 Å². The summed E-state index contributed by atoms with van der Waals surface area (Å²) in [4.78, 5) is 4.33. The lowest BCUT2D eigenvalue weighted by molar-refractivity contribution is 0.287. The lowest BCUT2D eigenvalue weighted by atomic mass is 10.1. The van der Waals surface area contributed by atoms with Crippen LogP contribution in [-0.4, -0.2) is 11.5 Å². The van der Waals surface area contributed by atoms with Crippen LogP contribution in [-0.2, 0) is 6.61 Å². The van der Waals surface area contributed by atoms with Gasteiger partial charge in [0.25, 0.3) is 0 Å². The van der Waals surface area contributed by atoms with E-state index in [2.05, 4.69) is 24.1 Å². The van der Waals surface area contributed by atoms with Crippen LogP contribution in [0.15, 0.2) is 42.6 Å². The first-order valence-electron chi connectivity index (χ1n) is 6.76. The summed E-state index contributed by atoms with van der Waals surface area (Å²) < 4.78 is 5.84. The Balaban J connectivity index is 2.07. The fourth-order valence-electron chi connectivity index (χ4n) is 2.00. The molecule has 0 bridgehead atoms. The smallest absolute Gasteiger partial charge is 0.218 e. The highest BCUT2D eigenvalue weighted by atomic mass is 35.5. The molecule has 1 unspecified atom stereocenters. The van der Waals surface area contributed by atoms with Crippen molar-refractivity contribution in [2.45, 2.75) is 26.5 Å². The third kappa shape index (κ3) is 3.95. The molecule has 1 heterocycles. The summed E-state index contributed by atoms with van der Waals surface area (Å²) in [5.41, 5.74) is 2.14. The van der Waals surface area contributed by atoms with Crippen molar-refractivity contribution in [3.05, 3.63) is 58.7 Å². The van der Waals surface area contributed by atoms with Crippen molar-refractivity contribution in [1.29, 1.82) is 0 Å². The lowest BCUT2D eigenvalue weighted by Crippen LogP contribution is -2.18. The van der Waals surface area contributed by atoms with E-state index in [9.17, 15) is 0 Å². The van der Waals surface area contributed by atoms with Crippen molar-refractivity contribution >= 4 is 11.6 Å². The van der Waals surface area contributed by atoms with Gasteiger partial charge in [-0.1, -0.05) is 36.7 Å². The number of ether oxygens (including phenoxy) is 1. The summed E-state index contributed by atoms with van der Waals surface area (Å²) in [5.74, 6) is 0.677. The number of aromatic nitrogens is 1. The normalized spacial score (nSPS) is 12.2. The van der Waals surface area contributed by atoms with E-state index in [1.807, 2.05) is 36.4 Å². The predicted molar refractivity (Wildman–Crippen MR) is 82.1 cm³/mol. The zero-order chi connectivity index (χ0) is 14.4. The molecule has 0 aliphatic heterocycles. The standard InChI is InChI=1S/C16H19ClN2O/c1-3-18-12(2)15-5-4-10-19-16(15)20-11-13-6-8-14(17)9-7-13/h4-10,12,18H,3,11H2,1-2H3. The highest BCUT2D eigenvalue weighted by Crippen LogP contribution is 2.23. The molecule has 4 heteroatoms. The minimum atomic E-state index is 0.217. The van der Waals surface area contributed by atoms with Crippen LogP contribution in [0.5, 0.6) is 5.88 Å². The molecule has 0 spiro atoms. The molecule has 1 atom stereocenters. The van der Waals surface area contributed by atoms with E-state index in [-0.39, 0.29) is 6.04 Å². The summed E-state index contributed by atoms with van der Waals surface area (Å²) >= 11 is 5.87. The lowest BCUT2D eigenvalue weighted by Gasteiger charge is -2.16. The number of pyridine rings is 1. The van der Waals surface area contributed by atoms with Crippen molar-refractivity contribution in [3.8, 4) is 5.88 Å². The molecule has 3 nitrogen and oxygen atoms in total. The van der Waals surface area contributed by atoms with Gasteiger partial charge in [0.15, 0.2) is 0 Å². The minimum absolute atomic E-state index is 0.217. The molecule has 0 amide bonds. The van der Waals surface area contributed by atoms with Gasteiger partial charge in [-0.3, -0.25) is 0 Å². The van der Waals surface area contributed by atoms with E-state index >= 15 is 0 Å². The van der Waals surface area contributed by atoms with Crippen molar-refractivity contribution in [1.82, 2.24) is 10.3 Å². The number of halogens is 1. The van der Waals surface area contributed by atoms with Crippen LogP contribution in [0, 0.1) is 0 Å². The van der Waals surface area contributed by atoms with Crippen molar-refractivity contribution < 1.29 is 4.74 Å². The Bertz CT molecular complexity index is 542. The SMILES string of the molecule is CCNC(C)c1cccnc1OCc1ccc(Cl)cc1. The van der Waals surface area contributed by atoms with Gasteiger partial charge in [-0.05, 0) is 37.2 Å². The Morgan fingerprint density at radius 3 is 2.70 bits per heavy atom. The molecule has 0 aliphatic carbocycles. The minimum Gasteiger partial charge on any atom is -0.473 e. The van der Waals surface area contributed by atoms with E-state index in [1.54, 1.807) is 6.20 Å². The number of hydrogen-bond acceptors (Lipinski definition) is 3. The Morgan fingerprint density at radius 1 is 1.25 bits per heavy atom. The summed E-state index contributed by atoms with van der Waals surface area (Å²) in [6, 6.07) is 11.8. The second-order valence-electron chi connectivity index (χ2n) is 4.59. The summed E-state index contributed by atoms with van der Waals surface area (Å²) in [7, 11) is 0. The van der Waals surface area contributed by atoms with E-state index < -0.39 is 0 Å². The quantitative estimate of drug-likeness (QED) is 0.873. The molecule has 2 aromatic rings. The fourth-order valence-corrected chi connectivity index (χ4v) is 2.13. The molecule has 0 fully saturated rings. The molecule has 0 aliphatic rings. The van der Waals surface area contributed by atoms with Crippen LogP contribution in [0.25, 0.3) is 0 Å². The third-order valence-corrected chi connectivity index (χ3v) is 3.32. The molecule has 1 aromatic heterocycles. The Kier molecular flexibility index (Phi) is 5.39. The monoisotopic (exact) mass is 290 g/mol. The topological polar surface area (TPSA) is 34.2 Å². The largest absolute Gasteiger partial charge is 0.473 e. The number of nitrogens with one attached hydrogen (secondary N) is 1. The van der Waals surface area contributed by atoms with Gasteiger partial charge in [-0.25, -0.2) is 4.98 Å². The number of rotatable bonds is 6. The second-order valence-corrected chi connectivity index (χ2v) is 5.03. The molecular weight excluding hydrogens is 272 g/mol. The van der Waals surface area contributed by atoms with Crippen LogP contribution in [0.4, 0.5) is 0 Å². The van der Waals surface area contributed by atoms with E-state index in [4.69, 9.17) is 16.3 Å². The van der Waals surface area contributed by atoms with E-state index in [1.165, 1.54) is 0 Å². The molecule has 2 rings (SSSR count).